The average Bonchev–Trinajstić information content (AvgIpc) is 2.87. The van der Waals surface area contributed by atoms with E-state index in [1.54, 1.807) is 0 Å². The lowest BCUT2D eigenvalue weighted by Gasteiger charge is -2.19. The molecule has 102 valence electrons. The van der Waals surface area contributed by atoms with E-state index in [2.05, 4.69) is 67.9 Å². The zero-order valence-electron chi connectivity index (χ0n) is 12.1. The van der Waals surface area contributed by atoms with Gasteiger partial charge in [0.15, 0.2) is 0 Å². The number of benzene rings is 1. The molecular weight excluding hydrogens is 250 g/mol. The molecule has 1 aromatic carbocycles. The maximum absolute atomic E-state index is 3.50. The van der Waals surface area contributed by atoms with Gasteiger partial charge in [-0.1, -0.05) is 51.1 Å². The van der Waals surface area contributed by atoms with Gasteiger partial charge in [0, 0.05) is 18.0 Å². The number of rotatable bonds is 5. The molecular formula is C17H23NS. The molecule has 2 heteroatoms. The molecule has 0 fully saturated rings. The molecule has 2 aromatic rings. The van der Waals surface area contributed by atoms with Crippen molar-refractivity contribution < 1.29 is 0 Å². The third-order valence-electron chi connectivity index (χ3n) is 3.28. The lowest BCUT2D eigenvalue weighted by Crippen LogP contribution is -2.16. The third kappa shape index (κ3) is 4.48. The number of hydrogen-bond donors (Lipinski definition) is 1. The van der Waals surface area contributed by atoms with Gasteiger partial charge in [-0.05, 0) is 34.4 Å². The molecule has 2 rings (SSSR count). The Labute approximate surface area is 120 Å². The first-order valence-electron chi connectivity index (χ1n) is 6.88. The second-order valence-corrected chi connectivity index (χ2v) is 6.99. The van der Waals surface area contributed by atoms with Crippen molar-refractivity contribution in [3.05, 3.63) is 57.8 Å². The van der Waals surface area contributed by atoms with Gasteiger partial charge in [0.05, 0.1) is 0 Å². The fourth-order valence-corrected chi connectivity index (χ4v) is 2.73. The van der Waals surface area contributed by atoms with Crippen molar-refractivity contribution in [3.8, 4) is 0 Å². The molecule has 0 saturated heterocycles. The quantitative estimate of drug-likeness (QED) is 0.797. The molecule has 0 amide bonds. The molecule has 1 nitrogen and oxygen atoms in total. The first kappa shape index (κ1) is 14.3. The molecule has 0 bridgehead atoms. The maximum Gasteiger partial charge on any atom is 0.0205 e. The fraction of sp³-hybridized carbons (Fsp3) is 0.412. The van der Waals surface area contributed by atoms with Crippen LogP contribution in [-0.4, -0.2) is 6.54 Å². The summed E-state index contributed by atoms with van der Waals surface area (Å²) in [7, 11) is 0. The number of hydrogen-bond acceptors (Lipinski definition) is 2. The molecule has 1 heterocycles. The molecule has 0 saturated carbocycles. The highest BCUT2D eigenvalue weighted by Crippen LogP contribution is 2.22. The molecule has 0 radical (unpaired) electrons. The number of nitrogens with one attached hydrogen (secondary N) is 1. The Morgan fingerprint density at radius 2 is 1.79 bits per heavy atom. The van der Waals surface area contributed by atoms with Crippen LogP contribution in [0.1, 0.15) is 36.8 Å². The van der Waals surface area contributed by atoms with Crippen LogP contribution in [0.15, 0.2) is 41.8 Å². The summed E-state index contributed by atoms with van der Waals surface area (Å²) in [6.45, 7) is 8.75. The van der Waals surface area contributed by atoms with E-state index in [0.29, 0.717) is 0 Å². The van der Waals surface area contributed by atoms with Crippen LogP contribution in [0.4, 0.5) is 0 Å². The normalized spacial score (nSPS) is 11.7. The maximum atomic E-state index is 3.50. The largest absolute Gasteiger partial charge is 0.312 e. The van der Waals surface area contributed by atoms with Crippen molar-refractivity contribution in [3.63, 3.8) is 0 Å². The first-order valence-corrected chi connectivity index (χ1v) is 7.76. The smallest absolute Gasteiger partial charge is 0.0205 e. The first-order chi connectivity index (χ1) is 9.05. The molecule has 0 aliphatic rings. The topological polar surface area (TPSA) is 12.0 Å². The Morgan fingerprint density at radius 1 is 1.05 bits per heavy atom. The average molecular weight is 273 g/mol. The van der Waals surface area contributed by atoms with Crippen LogP contribution in [0.5, 0.6) is 0 Å². The van der Waals surface area contributed by atoms with E-state index < -0.39 is 0 Å². The molecule has 1 N–H and O–H groups in total. The Hall–Kier alpha value is -1.12. The molecule has 0 aliphatic carbocycles. The van der Waals surface area contributed by atoms with Crippen LogP contribution in [0.25, 0.3) is 0 Å². The minimum Gasteiger partial charge on any atom is -0.312 e. The molecule has 0 atom stereocenters. The summed E-state index contributed by atoms with van der Waals surface area (Å²) in [4.78, 5) is 1.45. The van der Waals surface area contributed by atoms with Gasteiger partial charge >= 0.3 is 0 Å². The minimum atomic E-state index is 0.241. The van der Waals surface area contributed by atoms with Gasteiger partial charge in [0.2, 0.25) is 0 Å². The van der Waals surface area contributed by atoms with E-state index in [0.717, 1.165) is 19.5 Å². The summed E-state index contributed by atoms with van der Waals surface area (Å²) in [5.41, 5.74) is 3.00. The summed E-state index contributed by atoms with van der Waals surface area (Å²) < 4.78 is 0. The highest BCUT2D eigenvalue weighted by Gasteiger charge is 2.12. The van der Waals surface area contributed by atoms with E-state index in [4.69, 9.17) is 0 Å². The van der Waals surface area contributed by atoms with Gasteiger partial charge in [-0.15, -0.1) is 11.3 Å². The van der Waals surface area contributed by atoms with Gasteiger partial charge in [-0.3, -0.25) is 0 Å². The second-order valence-electron chi connectivity index (χ2n) is 5.95. The van der Waals surface area contributed by atoms with Gasteiger partial charge < -0.3 is 5.32 Å². The van der Waals surface area contributed by atoms with Gasteiger partial charge in [-0.2, -0.15) is 0 Å². The van der Waals surface area contributed by atoms with Crippen LogP contribution in [-0.2, 0) is 18.4 Å². The second kappa shape index (κ2) is 6.36. The SMILES string of the molecule is CC(C)(C)c1ccc(CNCCc2cccs2)cc1. The van der Waals surface area contributed by atoms with E-state index >= 15 is 0 Å². The molecule has 19 heavy (non-hydrogen) atoms. The zero-order valence-corrected chi connectivity index (χ0v) is 12.9. The highest BCUT2D eigenvalue weighted by atomic mass is 32.1. The van der Waals surface area contributed by atoms with Crippen molar-refractivity contribution in [2.24, 2.45) is 0 Å². The van der Waals surface area contributed by atoms with Gasteiger partial charge in [-0.25, -0.2) is 0 Å². The van der Waals surface area contributed by atoms with Crippen LogP contribution >= 0.6 is 11.3 Å². The lowest BCUT2D eigenvalue weighted by atomic mass is 9.87. The van der Waals surface area contributed by atoms with E-state index in [1.807, 2.05) is 11.3 Å². The summed E-state index contributed by atoms with van der Waals surface area (Å²) in [6.07, 6.45) is 1.12. The Bertz CT molecular complexity index is 477. The summed E-state index contributed by atoms with van der Waals surface area (Å²) >= 11 is 1.83. The highest BCUT2D eigenvalue weighted by molar-refractivity contribution is 7.09. The van der Waals surface area contributed by atoms with E-state index in [-0.39, 0.29) is 5.41 Å². The number of thiophene rings is 1. The molecule has 0 unspecified atom stereocenters. The Morgan fingerprint density at radius 3 is 2.37 bits per heavy atom. The van der Waals surface area contributed by atoms with Crippen molar-refractivity contribution in [1.29, 1.82) is 0 Å². The zero-order chi connectivity index (χ0) is 13.7. The molecule has 0 aliphatic heterocycles. The monoisotopic (exact) mass is 273 g/mol. The summed E-state index contributed by atoms with van der Waals surface area (Å²) in [5.74, 6) is 0. The van der Waals surface area contributed by atoms with Gasteiger partial charge in [0.1, 0.15) is 0 Å². The van der Waals surface area contributed by atoms with E-state index in [9.17, 15) is 0 Å². The lowest BCUT2D eigenvalue weighted by molar-refractivity contribution is 0.589. The predicted molar refractivity (Wildman–Crippen MR) is 84.9 cm³/mol. The summed E-state index contributed by atoms with van der Waals surface area (Å²) in [5, 5.41) is 5.64. The van der Waals surface area contributed by atoms with Crippen molar-refractivity contribution in [1.82, 2.24) is 5.32 Å². The molecule has 0 spiro atoms. The predicted octanol–water partition coefficient (Wildman–Crippen LogP) is 4.38. The van der Waals surface area contributed by atoms with Gasteiger partial charge in [0.25, 0.3) is 0 Å². The standard InChI is InChI=1S/C17H23NS/c1-17(2,3)15-8-6-14(7-9-15)13-18-11-10-16-5-4-12-19-16/h4-9,12,18H,10-11,13H2,1-3H3. The minimum absolute atomic E-state index is 0.241. The van der Waals surface area contributed by atoms with Crippen LogP contribution in [0, 0.1) is 0 Å². The van der Waals surface area contributed by atoms with Crippen molar-refractivity contribution >= 4 is 11.3 Å². The Kier molecular flexibility index (Phi) is 4.78. The fourth-order valence-electron chi connectivity index (χ4n) is 2.02. The summed E-state index contributed by atoms with van der Waals surface area (Å²) in [6, 6.07) is 13.3. The van der Waals surface area contributed by atoms with Crippen molar-refractivity contribution in [2.45, 2.75) is 39.2 Å². The van der Waals surface area contributed by atoms with E-state index in [1.165, 1.54) is 16.0 Å². The Balaban J connectivity index is 1.77. The van der Waals surface area contributed by atoms with Crippen LogP contribution in [0.3, 0.4) is 0 Å². The van der Waals surface area contributed by atoms with Crippen LogP contribution in [0.2, 0.25) is 0 Å². The third-order valence-corrected chi connectivity index (χ3v) is 4.21. The van der Waals surface area contributed by atoms with Crippen molar-refractivity contribution in [2.75, 3.05) is 6.54 Å². The molecule has 1 aromatic heterocycles. The van der Waals surface area contributed by atoms with Crippen LogP contribution < -0.4 is 5.32 Å².